The fourth-order valence-corrected chi connectivity index (χ4v) is 1.04. The van der Waals surface area contributed by atoms with E-state index in [2.05, 4.69) is 14.4 Å². The third-order valence-electron chi connectivity index (χ3n) is 1.68. The van der Waals surface area contributed by atoms with E-state index in [1.807, 2.05) is 0 Å². The summed E-state index contributed by atoms with van der Waals surface area (Å²) < 4.78 is 45.4. The zero-order valence-electron chi connectivity index (χ0n) is 8.21. The number of carbonyl (C=O) groups is 2. The summed E-state index contributed by atoms with van der Waals surface area (Å²) >= 11 is 0. The number of nitrogens with zero attached hydrogens (tertiary/aromatic N) is 1. The lowest BCUT2D eigenvalue weighted by molar-refractivity contribution is -0.143. The van der Waals surface area contributed by atoms with Crippen LogP contribution in [-0.4, -0.2) is 24.0 Å². The Morgan fingerprint density at radius 1 is 1.38 bits per heavy atom. The minimum Gasteiger partial charge on any atom is -0.463 e. The molecule has 0 radical (unpaired) electrons. The van der Waals surface area contributed by atoms with Crippen molar-refractivity contribution in [3.8, 4) is 0 Å². The molecule has 0 unspecified atom stereocenters. The van der Waals surface area contributed by atoms with Crippen LogP contribution in [0, 0.1) is 0 Å². The van der Waals surface area contributed by atoms with Crippen molar-refractivity contribution in [3.63, 3.8) is 0 Å². The highest BCUT2D eigenvalue weighted by molar-refractivity contribution is 6.04. The number of ether oxygens (including phenoxy) is 1. The summed E-state index contributed by atoms with van der Waals surface area (Å²) in [5.74, 6) is -3.01. The van der Waals surface area contributed by atoms with E-state index in [-0.39, 0.29) is 0 Å². The molecule has 0 aromatic carbocycles. The molecular weight excluding hydrogens is 231 g/mol. The van der Waals surface area contributed by atoms with Gasteiger partial charge in [-0.3, -0.25) is 4.79 Å². The lowest BCUT2D eigenvalue weighted by Gasteiger charge is -2.02. The summed E-state index contributed by atoms with van der Waals surface area (Å²) in [4.78, 5) is 22.0. The van der Waals surface area contributed by atoms with Crippen LogP contribution in [0.4, 0.5) is 13.2 Å². The molecule has 1 heterocycles. The Morgan fingerprint density at radius 2 is 1.94 bits per heavy atom. The quantitative estimate of drug-likeness (QED) is 0.578. The second kappa shape index (κ2) is 3.95. The highest BCUT2D eigenvalue weighted by Crippen LogP contribution is 2.32. The molecule has 0 bridgehead atoms. The van der Waals surface area contributed by atoms with E-state index in [1.54, 1.807) is 0 Å². The summed E-state index contributed by atoms with van der Waals surface area (Å²) in [6.45, 7) is 0.869. The van der Waals surface area contributed by atoms with Gasteiger partial charge in [0, 0.05) is 0 Å². The van der Waals surface area contributed by atoms with Crippen molar-refractivity contribution in [3.05, 3.63) is 17.0 Å². The van der Waals surface area contributed by atoms with Gasteiger partial charge in [-0.05, 0) is 6.92 Å². The highest BCUT2D eigenvalue weighted by atomic mass is 19.4. The Bertz CT molecular complexity index is 435. The number of carbonyl (C=O) groups excluding carboxylic acids is 2. The van der Waals surface area contributed by atoms with Crippen LogP contribution in [0.25, 0.3) is 0 Å². The van der Waals surface area contributed by atoms with E-state index in [1.165, 1.54) is 0 Å². The molecule has 88 valence electrons. The van der Waals surface area contributed by atoms with Gasteiger partial charge in [0.2, 0.25) is 0 Å². The number of methoxy groups -OCH3 is 1. The smallest absolute Gasteiger partial charge is 0.437 e. The van der Waals surface area contributed by atoms with Gasteiger partial charge < -0.3 is 9.26 Å². The van der Waals surface area contributed by atoms with Crippen molar-refractivity contribution in [1.29, 1.82) is 0 Å². The summed E-state index contributed by atoms with van der Waals surface area (Å²) in [6.07, 6.45) is -4.86. The lowest BCUT2D eigenvalue weighted by Crippen LogP contribution is -2.13. The van der Waals surface area contributed by atoms with Crippen molar-refractivity contribution < 1.29 is 32.0 Å². The van der Waals surface area contributed by atoms with Gasteiger partial charge in [0.25, 0.3) is 5.76 Å². The fourth-order valence-electron chi connectivity index (χ4n) is 1.04. The number of rotatable bonds is 2. The molecule has 0 N–H and O–H groups in total. The van der Waals surface area contributed by atoms with Crippen molar-refractivity contribution in [2.45, 2.75) is 13.1 Å². The molecular formula is C8H6F3NO4. The molecule has 0 aliphatic carbocycles. The fraction of sp³-hybridized carbons (Fsp3) is 0.375. The van der Waals surface area contributed by atoms with Gasteiger partial charge in [-0.15, -0.1) is 0 Å². The van der Waals surface area contributed by atoms with Crippen LogP contribution >= 0.6 is 0 Å². The van der Waals surface area contributed by atoms with E-state index < -0.39 is 34.9 Å². The van der Waals surface area contributed by atoms with Crippen molar-refractivity contribution in [1.82, 2.24) is 5.16 Å². The summed E-state index contributed by atoms with van der Waals surface area (Å²) in [5.41, 5.74) is -2.44. The average Bonchev–Trinajstić information content (AvgIpc) is 2.59. The van der Waals surface area contributed by atoms with Crippen LogP contribution in [0.15, 0.2) is 4.52 Å². The summed E-state index contributed by atoms with van der Waals surface area (Å²) in [6, 6.07) is 0. The Morgan fingerprint density at radius 3 is 2.31 bits per heavy atom. The maximum atomic E-state index is 12.4. The maximum absolute atomic E-state index is 12.4. The molecule has 0 atom stereocenters. The van der Waals surface area contributed by atoms with Gasteiger partial charge in [-0.2, -0.15) is 13.2 Å². The Hall–Kier alpha value is -1.86. The molecule has 0 amide bonds. The molecule has 0 spiro atoms. The van der Waals surface area contributed by atoms with Crippen molar-refractivity contribution in [2.75, 3.05) is 7.11 Å². The van der Waals surface area contributed by atoms with E-state index in [4.69, 9.17) is 0 Å². The number of esters is 1. The molecule has 5 nitrogen and oxygen atoms in total. The van der Waals surface area contributed by atoms with E-state index in [0.29, 0.717) is 0 Å². The number of alkyl halides is 3. The van der Waals surface area contributed by atoms with E-state index in [9.17, 15) is 22.8 Å². The van der Waals surface area contributed by atoms with Crippen LogP contribution in [0.2, 0.25) is 0 Å². The number of hydrogen-bond donors (Lipinski definition) is 0. The predicted octanol–water partition coefficient (Wildman–Crippen LogP) is 1.68. The molecule has 1 aromatic rings. The molecule has 0 saturated carbocycles. The first-order chi connectivity index (χ1) is 7.29. The van der Waals surface area contributed by atoms with Crippen LogP contribution in [0.1, 0.15) is 33.5 Å². The standard InChI is InChI=1S/C8H6F3NO4/c1-3(13)4-5(7(14)15-2)16-12-6(4)8(9,10)11/h1-2H3. The van der Waals surface area contributed by atoms with Crippen molar-refractivity contribution >= 4 is 11.8 Å². The zero-order chi connectivity index (χ0) is 12.5. The van der Waals surface area contributed by atoms with Crippen LogP contribution in [-0.2, 0) is 10.9 Å². The van der Waals surface area contributed by atoms with Gasteiger partial charge in [0.05, 0.1) is 7.11 Å². The van der Waals surface area contributed by atoms with E-state index in [0.717, 1.165) is 14.0 Å². The molecule has 1 rings (SSSR count). The average molecular weight is 237 g/mol. The van der Waals surface area contributed by atoms with Gasteiger partial charge >= 0.3 is 12.1 Å². The number of hydrogen-bond acceptors (Lipinski definition) is 5. The molecule has 16 heavy (non-hydrogen) atoms. The third-order valence-corrected chi connectivity index (χ3v) is 1.68. The SMILES string of the molecule is COC(=O)c1onc(C(F)(F)F)c1C(C)=O. The molecule has 0 aliphatic heterocycles. The third kappa shape index (κ3) is 2.05. The monoisotopic (exact) mass is 237 g/mol. The second-order valence-electron chi connectivity index (χ2n) is 2.78. The molecule has 1 aromatic heterocycles. The molecule has 0 fully saturated rings. The van der Waals surface area contributed by atoms with E-state index >= 15 is 0 Å². The number of Topliss-reactive ketones (excluding diaryl/α,β-unsaturated/α-hetero) is 1. The first kappa shape index (κ1) is 12.2. The van der Waals surface area contributed by atoms with Gasteiger partial charge in [-0.25, -0.2) is 4.79 Å². The molecule has 8 heteroatoms. The highest BCUT2D eigenvalue weighted by Gasteiger charge is 2.42. The molecule has 0 saturated heterocycles. The predicted molar refractivity (Wildman–Crippen MR) is 42.8 cm³/mol. The minimum atomic E-state index is -4.86. The number of aromatic nitrogens is 1. The van der Waals surface area contributed by atoms with Crippen LogP contribution < -0.4 is 0 Å². The summed E-state index contributed by atoms with van der Waals surface area (Å²) in [5, 5.41) is 2.66. The number of ketones is 1. The Labute approximate surface area is 87.2 Å². The van der Waals surface area contributed by atoms with Gasteiger partial charge in [0.1, 0.15) is 5.56 Å². The summed E-state index contributed by atoms with van der Waals surface area (Å²) in [7, 11) is 0.946. The topological polar surface area (TPSA) is 69.4 Å². The van der Waals surface area contributed by atoms with Gasteiger partial charge in [0.15, 0.2) is 11.5 Å². The number of halogens is 3. The van der Waals surface area contributed by atoms with Gasteiger partial charge in [-0.1, -0.05) is 5.16 Å². The Kier molecular flexibility index (Phi) is 3.02. The zero-order valence-corrected chi connectivity index (χ0v) is 8.21. The minimum absolute atomic E-state index is 0.845. The lowest BCUT2D eigenvalue weighted by atomic mass is 10.1. The Balaban J connectivity index is 3.40. The normalized spacial score (nSPS) is 11.3. The van der Waals surface area contributed by atoms with Crippen LogP contribution in [0.5, 0.6) is 0 Å². The second-order valence-corrected chi connectivity index (χ2v) is 2.78. The van der Waals surface area contributed by atoms with Crippen molar-refractivity contribution in [2.24, 2.45) is 0 Å². The molecule has 0 aliphatic rings. The maximum Gasteiger partial charge on any atom is 0.437 e. The first-order valence-corrected chi connectivity index (χ1v) is 3.95. The largest absolute Gasteiger partial charge is 0.463 e. The van der Waals surface area contributed by atoms with Crippen LogP contribution in [0.3, 0.4) is 0 Å². The first-order valence-electron chi connectivity index (χ1n) is 3.95.